The van der Waals surface area contributed by atoms with Crippen molar-refractivity contribution in [3.63, 3.8) is 0 Å². The van der Waals surface area contributed by atoms with Crippen molar-refractivity contribution in [2.75, 3.05) is 0 Å². The van der Waals surface area contributed by atoms with Gasteiger partial charge in [-0.3, -0.25) is 4.79 Å². The van der Waals surface area contributed by atoms with E-state index in [1.807, 2.05) is 36.4 Å². The topological polar surface area (TPSA) is 75.6 Å². The molecular weight excluding hydrogens is 350 g/mol. The molecule has 2 N–H and O–H groups in total. The molecule has 0 aliphatic rings. The highest BCUT2D eigenvalue weighted by atomic mass is 35.5. The lowest BCUT2D eigenvalue weighted by Crippen LogP contribution is -2.37. The van der Waals surface area contributed by atoms with Gasteiger partial charge < -0.3 is 15.2 Å². The Bertz CT molecular complexity index is 674. The maximum atomic E-state index is 12.0. The summed E-state index contributed by atoms with van der Waals surface area (Å²) < 4.78 is 5.19. The van der Waals surface area contributed by atoms with Crippen LogP contribution in [0.25, 0.3) is 0 Å². The Morgan fingerprint density at radius 3 is 2.67 bits per heavy atom. The molecule has 0 aliphatic carbocycles. The highest BCUT2D eigenvalue weighted by Gasteiger charge is 2.16. The Morgan fingerprint density at radius 1 is 1.29 bits per heavy atom. The molecule has 0 spiro atoms. The van der Waals surface area contributed by atoms with E-state index in [1.165, 1.54) is 11.3 Å². The van der Waals surface area contributed by atoms with Gasteiger partial charge in [-0.15, -0.1) is 11.3 Å². The molecular formula is C17H18ClNO4S. The number of ether oxygens (including phenoxy) is 1. The average Bonchev–Trinajstić information content (AvgIpc) is 2.96. The van der Waals surface area contributed by atoms with Gasteiger partial charge in [0, 0.05) is 29.1 Å². The van der Waals surface area contributed by atoms with E-state index in [2.05, 4.69) is 5.32 Å². The van der Waals surface area contributed by atoms with Crippen molar-refractivity contribution in [1.82, 2.24) is 5.32 Å². The van der Waals surface area contributed by atoms with E-state index >= 15 is 0 Å². The highest BCUT2D eigenvalue weighted by Crippen LogP contribution is 2.21. The number of hydrogen-bond acceptors (Lipinski definition) is 4. The van der Waals surface area contributed by atoms with Crippen molar-refractivity contribution in [1.29, 1.82) is 0 Å². The quantitative estimate of drug-likeness (QED) is 0.736. The standard InChI is InChI=1S/C17H18ClNO4S/c18-13-8-15(24-11-13)9-14(6-7-16(20)21)19-17(22)23-10-12-4-2-1-3-5-12/h1-5,8,11,14H,6-7,9-10H2,(H,19,22)(H,20,21). The molecule has 1 aromatic carbocycles. The molecule has 5 nitrogen and oxygen atoms in total. The third-order valence-corrected chi connectivity index (χ3v) is 4.62. The summed E-state index contributed by atoms with van der Waals surface area (Å²) >= 11 is 7.38. The average molecular weight is 368 g/mol. The number of rotatable bonds is 8. The lowest BCUT2D eigenvalue weighted by Gasteiger charge is -2.17. The predicted octanol–water partition coefficient (Wildman–Crippen LogP) is 4.10. The summed E-state index contributed by atoms with van der Waals surface area (Å²) in [4.78, 5) is 23.7. The minimum absolute atomic E-state index is 0.0251. The molecule has 1 aromatic heterocycles. The van der Waals surface area contributed by atoms with Crippen molar-refractivity contribution in [3.05, 3.63) is 57.2 Å². The molecule has 2 rings (SSSR count). The molecule has 2 aromatic rings. The summed E-state index contributed by atoms with van der Waals surface area (Å²) in [5.74, 6) is -0.899. The fourth-order valence-electron chi connectivity index (χ4n) is 2.16. The zero-order chi connectivity index (χ0) is 17.4. The number of amides is 1. The molecule has 0 saturated heterocycles. The first-order valence-corrected chi connectivity index (χ1v) is 8.70. The summed E-state index contributed by atoms with van der Waals surface area (Å²) in [6.45, 7) is 0.170. The molecule has 1 amide bonds. The monoisotopic (exact) mass is 367 g/mol. The van der Waals surface area contributed by atoms with Crippen LogP contribution in [0, 0.1) is 0 Å². The number of carbonyl (C=O) groups is 2. The summed E-state index contributed by atoms with van der Waals surface area (Å²) in [5.41, 5.74) is 0.889. The van der Waals surface area contributed by atoms with Crippen LogP contribution in [-0.4, -0.2) is 23.2 Å². The zero-order valence-electron chi connectivity index (χ0n) is 12.9. The number of nitrogens with one attached hydrogen (secondary N) is 1. The van der Waals surface area contributed by atoms with Crippen LogP contribution < -0.4 is 5.32 Å². The van der Waals surface area contributed by atoms with E-state index in [9.17, 15) is 9.59 Å². The molecule has 0 saturated carbocycles. The second-order valence-electron chi connectivity index (χ2n) is 5.27. The Hall–Kier alpha value is -2.05. The van der Waals surface area contributed by atoms with Crippen LogP contribution in [0.15, 0.2) is 41.8 Å². The minimum atomic E-state index is -0.899. The summed E-state index contributed by atoms with van der Waals surface area (Å²) in [5, 5.41) is 14.0. The number of thiophene rings is 1. The lowest BCUT2D eigenvalue weighted by molar-refractivity contribution is -0.137. The van der Waals surface area contributed by atoms with Gasteiger partial charge in [-0.25, -0.2) is 4.79 Å². The number of carboxylic acid groups (broad SMARTS) is 1. The van der Waals surface area contributed by atoms with Crippen LogP contribution in [0.5, 0.6) is 0 Å². The minimum Gasteiger partial charge on any atom is -0.481 e. The normalized spacial score (nSPS) is 11.7. The van der Waals surface area contributed by atoms with Crippen molar-refractivity contribution >= 4 is 35.0 Å². The third kappa shape index (κ3) is 6.60. The van der Waals surface area contributed by atoms with Gasteiger partial charge in [0.1, 0.15) is 6.61 Å². The summed E-state index contributed by atoms with van der Waals surface area (Å²) in [6.07, 6.45) is 0.260. The van der Waals surface area contributed by atoms with Crippen LogP contribution in [0.1, 0.15) is 23.3 Å². The number of benzene rings is 1. The SMILES string of the molecule is O=C(O)CCC(Cc1cc(Cl)cs1)NC(=O)OCc1ccccc1. The van der Waals surface area contributed by atoms with E-state index in [-0.39, 0.29) is 19.1 Å². The number of halogens is 1. The van der Waals surface area contributed by atoms with E-state index < -0.39 is 12.1 Å². The fraction of sp³-hybridized carbons (Fsp3) is 0.294. The molecule has 0 bridgehead atoms. The molecule has 1 atom stereocenters. The number of aliphatic carboxylic acids is 1. The number of alkyl carbamates (subject to hydrolysis) is 1. The van der Waals surface area contributed by atoms with Gasteiger partial charge in [-0.2, -0.15) is 0 Å². The zero-order valence-corrected chi connectivity index (χ0v) is 14.5. The summed E-state index contributed by atoms with van der Waals surface area (Å²) in [6, 6.07) is 10.8. The molecule has 0 radical (unpaired) electrons. The Balaban J connectivity index is 1.88. The number of carboxylic acids is 1. The molecule has 7 heteroatoms. The number of carbonyl (C=O) groups excluding carboxylic acids is 1. The largest absolute Gasteiger partial charge is 0.481 e. The molecule has 24 heavy (non-hydrogen) atoms. The molecule has 128 valence electrons. The maximum Gasteiger partial charge on any atom is 0.407 e. The first kappa shape index (κ1) is 18.3. The van der Waals surface area contributed by atoms with Gasteiger partial charge in [0.2, 0.25) is 0 Å². The Morgan fingerprint density at radius 2 is 2.04 bits per heavy atom. The fourth-order valence-corrected chi connectivity index (χ4v) is 3.31. The molecule has 0 aliphatic heterocycles. The lowest BCUT2D eigenvalue weighted by atomic mass is 10.1. The summed E-state index contributed by atoms with van der Waals surface area (Å²) in [7, 11) is 0. The van der Waals surface area contributed by atoms with Gasteiger partial charge in [0.15, 0.2) is 0 Å². The van der Waals surface area contributed by atoms with Gasteiger partial charge in [-0.1, -0.05) is 41.9 Å². The second-order valence-corrected chi connectivity index (χ2v) is 6.70. The van der Waals surface area contributed by atoms with Crippen LogP contribution in [0.3, 0.4) is 0 Å². The maximum absolute atomic E-state index is 12.0. The first-order chi connectivity index (χ1) is 11.5. The van der Waals surface area contributed by atoms with E-state index in [4.69, 9.17) is 21.4 Å². The molecule has 1 unspecified atom stereocenters. The van der Waals surface area contributed by atoms with Crippen LogP contribution in [0.2, 0.25) is 5.02 Å². The van der Waals surface area contributed by atoms with Crippen molar-refractivity contribution < 1.29 is 19.4 Å². The second kappa shape index (κ2) is 9.30. The van der Waals surface area contributed by atoms with E-state index in [1.54, 1.807) is 5.38 Å². The number of hydrogen-bond donors (Lipinski definition) is 2. The first-order valence-electron chi connectivity index (χ1n) is 7.45. The van der Waals surface area contributed by atoms with Gasteiger partial charge in [0.05, 0.1) is 5.02 Å². The van der Waals surface area contributed by atoms with E-state index in [0.717, 1.165) is 10.4 Å². The Labute approximate surface area is 149 Å². The van der Waals surface area contributed by atoms with Gasteiger partial charge in [0.25, 0.3) is 0 Å². The van der Waals surface area contributed by atoms with E-state index in [0.29, 0.717) is 17.9 Å². The van der Waals surface area contributed by atoms with Crippen LogP contribution in [-0.2, 0) is 22.6 Å². The highest BCUT2D eigenvalue weighted by molar-refractivity contribution is 7.10. The van der Waals surface area contributed by atoms with Crippen molar-refractivity contribution in [3.8, 4) is 0 Å². The smallest absolute Gasteiger partial charge is 0.407 e. The Kier molecular flexibility index (Phi) is 7.08. The van der Waals surface area contributed by atoms with Gasteiger partial charge in [-0.05, 0) is 18.1 Å². The van der Waals surface area contributed by atoms with Crippen LogP contribution in [0.4, 0.5) is 4.79 Å². The molecule has 1 heterocycles. The van der Waals surface area contributed by atoms with Crippen molar-refractivity contribution in [2.24, 2.45) is 0 Å². The van der Waals surface area contributed by atoms with Gasteiger partial charge >= 0.3 is 12.1 Å². The molecule has 0 fully saturated rings. The predicted molar refractivity (Wildman–Crippen MR) is 93.5 cm³/mol. The van der Waals surface area contributed by atoms with Crippen molar-refractivity contribution in [2.45, 2.75) is 31.9 Å². The van der Waals surface area contributed by atoms with Crippen LogP contribution >= 0.6 is 22.9 Å². The third-order valence-electron chi connectivity index (χ3n) is 3.31.